The second-order valence-electron chi connectivity index (χ2n) is 4.43. The second-order valence-corrected chi connectivity index (χ2v) is 4.43. The van der Waals surface area contributed by atoms with Crippen molar-refractivity contribution in [2.45, 2.75) is 20.8 Å². The lowest BCUT2D eigenvalue weighted by Gasteiger charge is -2.22. The Bertz CT molecular complexity index is 593. The molecule has 0 spiro atoms. The molecule has 0 aliphatic heterocycles. The molecule has 0 fully saturated rings. The Balaban J connectivity index is 2.17. The molecule has 0 aliphatic rings. The summed E-state index contributed by atoms with van der Waals surface area (Å²) in [5.74, 6) is 1.11. The normalized spacial score (nSPS) is 10.9. The summed E-state index contributed by atoms with van der Waals surface area (Å²) in [6.45, 7) is 8.73. The first-order valence-electron chi connectivity index (χ1n) is 7.32. The quantitative estimate of drug-likeness (QED) is 0.571. The molecule has 0 bridgehead atoms. The molecule has 0 atom stereocenters. The molecule has 8 nitrogen and oxygen atoms in total. The smallest absolute Gasteiger partial charge is 0.283 e. The zero-order valence-electron chi connectivity index (χ0n) is 13.1. The highest BCUT2D eigenvalue weighted by atomic mass is 16.5. The van der Waals surface area contributed by atoms with Gasteiger partial charge in [-0.1, -0.05) is 5.10 Å². The van der Waals surface area contributed by atoms with Crippen LogP contribution in [0.1, 0.15) is 26.3 Å². The molecule has 0 aliphatic carbocycles. The summed E-state index contributed by atoms with van der Waals surface area (Å²) in [7, 11) is 0. The van der Waals surface area contributed by atoms with Crippen LogP contribution in [0.2, 0.25) is 0 Å². The van der Waals surface area contributed by atoms with Gasteiger partial charge in [-0.15, -0.1) is 5.10 Å². The molecule has 2 rings (SSSR count). The van der Waals surface area contributed by atoms with Crippen molar-refractivity contribution in [1.29, 1.82) is 0 Å². The fraction of sp³-hybridized carbons (Fsp3) is 0.429. The minimum Gasteiger partial charge on any atom is -0.493 e. The number of tetrazole rings is 1. The summed E-state index contributed by atoms with van der Waals surface area (Å²) >= 11 is 0. The van der Waals surface area contributed by atoms with E-state index in [-0.39, 0.29) is 0 Å². The number of anilines is 2. The highest BCUT2D eigenvalue weighted by molar-refractivity contribution is 5.85. The van der Waals surface area contributed by atoms with Crippen molar-refractivity contribution in [1.82, 2.24) is 20.6 Å². The minimum absolute atomic E-state index is 0.314. The SMILES string of the molecule is CCOc1cc(N(CC)CC)ccc1C=NNc1nn[nH]n1. The van der Waals surface area contributed by atoms with Crippen LogP contribution in [0.4, 0.5) is 11.6 Å². The predicted molar refractivity (Wildman–Crippen MR) is 86.6 cm³/mol. The lowest BCUT2D eigenvalue weighted by molar-refractivity contribution is 0.340. The van der Waals surface area contributed by atoms with Crippen LogP contribution in [0.3, 0.4) is 0 Å². The average Bonchev–Trinajstić information content (AvgIpc) is 3.04. The Morgan fingerprint density at radius 1 is 1.32 bits per heavy atom. The first-order chi connectivity index (χ1) is 10.8. The second kappa shape index (κ2) is 7.96. The van der Waals surface area contributed by atoms with Gasteiger partial charge in [-0.2, -0.15) is 10.3 Å². The maximum Gasteiger partial charge on any atom is 0.283 e. The van der Waals surface area contributed by atoms with Gasteiger partial charge in [-0.05, 0) is 38.1 Å². The Hall–Kier alpha value is -2.64. The first kappa shape index (κ1) is 15.7. The highest BCUT2D eigenvalue weighted by Gasteiger charge is 2.07. The lowest BCUT2D eigenvalue weighted by Crippen LogP contribution is -2.21. The molecule has 118 valence electrons. The summed E-state index contributed by atoms with van der Waals surface area (Å²) in [5.41, 5.74) is 4.71. The molecular formula is C14H21N7O. The molecule has 1 aromatic heterocycles. The van der Waals surface area contributed by atoms with Gasteiger partial charge >= 0.3 is 0 Å². The summed E-state index contributed by atoms with van der Waals surface area (Å²) in [6, 6.07) is 6.08. The summed E-state index contributed by atoms with van der Waals surface area (Å²) in [4.78, 5) is 2.26. The van der Waals surface area contributed by atoms with Gasteiger partial charge in [0.05, 0.1) is 12.8 Å². The number of hydrogen-bond donors (Lipinski definition) is 2. The monoisotopic (exact) mass is 303 g/mol. The maximum absolute atomic E-state index is 5.71. The number of ether oxygens (including phenoxy) is 1. The number of aromatic nitrogens is 4. The first-order valence-corrected chi connectivity index (χ1v) is 7.32. The Labute approximate surface area is 129 Å². The van der Waals surface area contributed by atoms with E-state index in [1.54, 1.807) is 6.21 Å². The third-order valence-electron chi connectivity index (χ3n) is 3.14. The molecule has 22 heavy (non-hydrogen) atoms. The predicted octanol–water partition coefficient (Wildman–Crippen LogP) is 1.89. The van der Waals surface area contributed by atoms with Gasteiger partial charge in [0.2, 0.25) is 0 Å². The van der Waals surface area contributed by atoms with Crippen molar-refractivity contribution in [3.63, 3.8) is 0 Å². The van der Waals surface area contributed by atoms with E-state index in [1.165, 1.54) is 0 Å². The molecule has 0 saturated carbocycles. The molecule has 0 radical (unpaired) electrons. The van der Waals surface area contributed by atoms with Crippen molar-refractivity contribution in [2.75, 3.05) is 30.0 Å². The van der Waals surface area contributed by atoms with Crippen LogP contribution < -0.4 is 15.1 Å². The Kier molecular flexibility index (Phi) is 5.70. The Morgan fingerprint density at radius 3 is 2.77 bits per heavy atom. The van der Waals surface area contributed by atoms with Crippen molar-refractivity contribution in [3.8, 4) is 5.75 Å². The highest BCUT2D eigenvalue weighted by Crippen LogP contribution is 2.25. The van der Waals surface area contributed by atoms with Crippen LogP contribution >= 0.6 is 0 Å². The van der Waals surface area contributed by atoms with Crippen LogP contribution in [0, 0.1) is 0 Å². The lowest BCUT2D eigenvalue weighted by atomic mass is 10.2. The van der Waals surface area contributed by atoms with Gasteiger partial charge in [0.25, 0.3) is 5.95 Å². The average molecular weight is 303 g/mol. The molecule has 1 heterocycles. The van der Waals surface area contributed by atoms with E-state index in [9.17, 15) is 0 Å². The van der Waals surface area contributed by atoms with Gasteiger partial charge in [-0.3, -0.25) is 0 Å². The standard InChI is InChI=1S/C14H21N7O/c1-4-21(5-2)12-8-7-11(13(9-12)22-6-3)10-15-16-14-17-19-20-18-14/h7-10H,4-6H2,1-3H3,(H2,16,17,18,19,20). The van der Waals surface area contributed by atoms with Crippen LogP contribution in [-0.4, -0.2) is 46.5 Å². The minimum atomic E-state index is 0.314. The zero-order chi connectivity index (χ0) is 15.8. The van der Waals surface area contributed by atoms with Crippen LogP contribution in [-0.2, 0) is 0 Å². The number of benzene rings is 1. The summed E-state index contributed by atoms with van der Waals surface area (Å²) in [5, 5.41) is 17.4. The summed E-state index contributed by atoms with van der Waals surface area (Å²) in [6.07, 6.45) is 1.67. The third kappa shape index (κ3) is 3.94. The van der Waals surface area contributed by atoms with Crippen LogP contribution in [0.25, 0.3) is 0 Å². The van der Waals surface area contributed by atoms with Gasteiger partial charge in [0.1, 0.15) is 5.75 Å². The number of aromatic amines is 1. The van der Waals surface area contributed by atoms with Gasteiger partial charge < -0.3 is 9.64 Å². The fourth-order valence-corrected chi connectivity index (χ4v) is 2.06. The number of hydrazone groups is 1. The van der Waals surface area contributed by atoms with Crippen molar-refractivity contribution < 1.29 is 4.74 Å². The van der Waals surface area contributed by atoms with Gasteiger partial charge in [0.15, 0.2) is 0 Å². The zero-order valence-corrected chi connectivity index (χ0v) is 13.1. The molecule has 0 unspecified atom stereocenters. The number of rotatable bonds is 8. The van der Waals surface area contributed by atoms with E-state index < -0.39 is 0 Å². The molecular weight excluding hydrogens is 282 g/mol. The molecule has 0 amide bonds. The third-order valence-corrected chi connectivity index (χ3v) is 3.14. The number of nitrogens with one attached hydrogen (secondary N) is 2. The molecule has 8 heteroatoms. The van der Waals surface area contributed by atoms with Crippen LogP contribution in [0.5, 0.6) is 5.75 Å². The number of hydrogen-bond acceptors (Lipinski definition) is 7. The fourth-order valence-electron chi connectivity index (χ4n) is 2.06. The molecule has 2 aromatic rings. The van der Waals surface area contributed by atoms with Gasteiger partial charge in [0, 0.05) is 30.4 Å². The topological polar surface area (TPSA) is 91.3 Å². The van der Waals surface area contributed by atoms with Gasteiger partial charge in [-0.25, -0.2) is 5.43 Å². The molecule has 1 aromatic carbocycles. The molecule has 2 N–H and O–H groups in total. The van der Waals surface area contributed by atoms with Crippen molar-refractivity contribution >= 4 is 17.9 Å². The number of nitrogens with zero attached hydrogens (tertiary/aromatic N) is 5. The molecule has 0 saturated heterocycles. The summed E-state index contributed by atoms with van der Waals surface area (Å²) < 4.78 is 5.71. The van der Waals surface area contributed by atoms with E-state index in [4.69, 9.17) is 4.74 Å². The maximum atomic E-state index is 5.71. The largest absolute Gasteiger partial charge is 0.493 e. The van der Waals surface area contributed by atoms with E-state index in [2.05, 4.69) is 56.0 Å². The van der Waals surface area contributed by atoms with E-state index in [0.717, 1.165) is 30.1 Å². The van der Waals surface area contributed by atoms with E-state index in [1.807, 2.05) is 19.1 Å². The van der Waals surface area contributed by atoms with Crippen molar-refractivity contribution in [3.05, 3.63) is 23.8 Å². The van der Waals surface area contributed by atoms with E-state index in [0.29, 0.717) is 12.6 Å². The number of H-pyrrole nitrogens is 1. The Morgan fingerprint density at radius 2 is 2.14 bits per heavy atom. The van der Waals surface area contributed by atoms with Crippen LogP contribution in [0.15, 0.2) is 23.3 Å². The van der Waals surface area contributed by atoms with Crippen molar-refractivity contribution in [2.24, 2.45) is 5.10 Å². The van der Waals surface area contributed by atoms with E-state index >= 15 is 0 Å².